The van der Waals surface area contributed by atoms with Gasteiger partial charge in [-0.2, -0.15) is 0 Å². The van der Waals surface area contributed by atoms with Crippen molar-refractivity contribution in [2.45, 2.75) is 13.3 Å². The Morgan fingerprint density at radius 1 is 1.00 bits per heavy atom. The Balaban J connectivity index is 2.23. The van der Waals surface area contributed by atoms with Crippen LogP contribution in [0.5, 0.6) is 17.2 Å². The lowest BCUT2D eigenvalue weighted by atomic mass is 10.2. The highest BCUT2D eigenvalue weighted by Gasteiger charge is 2.09. The fraction of sp³-hybridized carbons (Fsp3) is 0.200. The van der Waals surface area contributed by atoms with Crippen molar-refractivity contribution in [1.29, 1.82) is 0 Å². The van der Waals surface area contributed by atoms with Gasteiger partial charge in [-0.15, -0.1) is 0 Å². The third kappa shape index (κ3) is 3.32. The molecule has 2 N–H and O–H groups in total. The van der Waals surface area contributed by atoms with Crippen LogP contribution in [0.1, 0.15) is 13.3 Å². The summed E-state index contributed by atoms with van der Waals surface area (Å²) in [6, 6.07) is 12.7. The van der Waals surface area contributed by atoms with Crippen molar-refractivity contribution >= 4 is 17.3 Å². The summed E-state index contributed by atoms with van der Waals surface area (Å²) < 4.78 is 11.3. The van der Waals surface area contributed by atoms with Crippen LogP contribution >= 0.6 is 11.6 Å². The Bertz CT molecular complexity index is 558. The first-order valence-electron chi connectivity index (χ1n) is 6.16. The molecule has 2 aromatic carbocycles. The van der Waals surface area contributed by atoms with Crippen molar-refractivity contribution in [1.82, 2.24) is 0 Å². The Kier molecular flexibility index (Phi) is 4.53. The smallest absolute Gasteiger partial charge is 0.154 e. The standard InChI is InChI=1S/C15H16ClNO2/c1-2-10-18-13-8-5-9-14(15(13)17)19-12-7-4-3-6-11(12)16/h3-9H,2,10,17H2,1H3. The summed E-state index contributed by atoms with van der Waals surface area (Å²) in [5.74, 6) is 1.75. The second-order valence-electron chi connectivity index (χ2n) is 4.05. The van der Waals surface area contributed by atoms with E-state index in [1.54, 1.807) is 18.2 Å². The molecule has 0 amide bonds. The molecule has 0 heterocycles. The zero-order chi connectivity index (χ0) is 13.7. The van der Waals surface area contributed by atoms with Crippen molar-refractivity contribution in [3.63, 3.8) is 0 Å². The number of ether oxygens (including phenoxy) is 2. The predicted octanol–water partition coefficient (Wildman–Crippen LogP) is 4.50. The molecule has 4 heteroatoms. The summed E-state index contributed by atoms with van der Waals surface area (Å²) in [5, 5.41) is 0.543. The summed E-state index contributed by atoms with van der Waals surface area (Å²) in [5.41, 5.74) is 6.51. The number of hydrogen-bond donors (Lipinski definition) is 1. The number of nitrogen functional groups attached to an aromatic ring is 1. The third-order valence-electron chi connectivity index (χ3n) is 2.54. The molecule has 100 valence electrons. The van der Waals surface area contributed by atoms with Gasteiger partial charge in [0.25, 0.3) is 0 Å². The molecule has 0 bridgehead atoms. The monoisotopic (exact) mass is 277 g/mol. The normalized spacial score (nSPS) is 10.2. The average Bonchev–Trinajstić information content (AvgIpc) is 2.42. The number of benzene rings is 2. The molecular weight excluding hydrogens is 262 g/mol. The molecule has 0 fully saturated rings. The first-order chi connectivity index (χ1) is 9.22. The van der Waals surface area contributed by atoms with Gasteiger partial charge >= 0.3 is 0 Å². The van der Waals surface area contributed by atoms with Crippen molar-refractivity contribution < 1.29 is 9.47 Å². The fourth-order valence-corrected chi connectivity index (χ4v) is 1.77. The van der Waals surface area contributed by atoms with Crippen LogP contribution in [0.15, 0.2) is 42.5 Å². The minimum absolute atomic E-state index is 0.482. The Morgan fingerprint density at radius 2 is 1.68 bits per heavy atom. The van der Waals surface area contributed by atoms with Gasteiger partial charge in [0.2, 0.25) is 0 Å². The highest BCUT2D eigenvalue weighted by Crippen LogP contribution is 2.36. The van der Waals surface area contributed by atoms with Crippen LogP contribution < -0.4 is 15.2 Å². The summed E-state index contributed by atoms with van der Waals surface area (Å²) in [7, 11) is 0. The fourth-order valence-electron chi connectivity index (χ4n) is 1.60. The Hall–Kier alpha value is -1.87. The molecule has 3 nitrogen and oxygen atoms in total. The average molecular weight is 278 g/mol. The zero-order valence-electron chi connectivity index (χ0n) is 10.7. The van der Waals surface area contributed by atoms with Gasteiger partial charge in [0.05, 0.1) is 11.6 Å². The molecule has 0 spiro atoms. The minimum Gasteiger partial charge on any atom is -0.491 e. The van der Waals surface area contributed by atoms with E-state index < -0.39 is 0 Å². The molecule has 2 rings (SSSR count). The van der Waals surface area contributed by atoms with E-state index in [-0.39, 0.29) is 0 Å². The van der Waals surface area contributed by atoms with Gasteiger partial charge in [-0.25, -0.2) is 0 Å². The molecule has 0 unspecified atom stereocenters. The second-order valence-corrected chi connectivity index (χ2v) is 4.46. The molecule has 0 radical (unpaired) electrons. The number of halogens is 1. The van der Waals surface area contributed by atoms with Gasteiger partial charge < -0.3 is 15.2 Å². The van der Waals surface area contributed by atoms with Crippen molar-refractivity contribution in [2.75, 3.05) is 12.3 Å². The summed E-state index contributed by atoms with van der Waals surface area (Å²) in [6.07, 6.45) is 0.926. The zero-order valence-corrected chi connectivity index (χ0v) is 11.5. The number of para-hydroxylation sites is 2. The number of rotatable bonds is 5. The molecule has 0 saturated carbocycles. The molecule has 0 aliphatic heterocycles. The lowest BCUT2D eigenvalue weighted by molar-refractivity contribution is 0.318. The lowest BCUT2D eigenvalue weighted by Gasteiger charge is -2.13. The minimum atomic E-state index is 0.482. The van der Waals surface area contributed by atoms with Crippen LogP contribution in [-0.2, 0) is 0 Å². The van der Waals surface area contributed by atoms with Crippen LogP contribution in [0.3, 0.4) is 0 Å². The number of hydrogen-bond acceptors (Lipinski definition) is 3. The first-order valence-corrected chi connectivity index (χ1v) is 6.54. The maximum Gasteiger partial charge on any atom is 0.154 e. The largest absolute Gasteiger partial charge is 0.491 e. The molecule has 0 aromatic heterocycles. The maximum atomic E-state index is 6.05. The van der Waals surface area contributed by atoms with E-state index in [9.17, 15) is 0 Å². The molecule has 0 atom stereocenters. The molecule has 2 aromatic rings. The van der Waals surface area contributed by atoms with E-state index >= 15 is 0 Å². The SMILES string of the molecule is CCCOc1cccc(Oc2ccccc2Cl)c1N. The van der Waals surface area contributed by atoms with E-state index in [0.717, 1.165) is 6.42 Å². The van der Waals surface area contributed by atoms with Gasteiger partial charge in [0.15, 0.2) is 5.75 Å². The van der Waals surface area contributed by atoms with Crippen LogP contribution in [-0.4, -0.2) is 6.61 Å². The molecule has 0 aliphatic rings. The molecule has 0 saturated heterocycles. The van der Waals surface area contributed by atoms with E-state index in [4.69, 9.17) is 26.8 Å². The maximum absolute atomic E-state index is 6.05. The van der Waals surface area contributed by atoms with Gasteiger partial charge in [0, 0.05) is 0 Å². The van der Waals surface area contributed by atoms with Crippen molar-refractivity contribution in [2.24, 2.45) is 0 Å². The quantitative estimate of drug-likeness (QED) is 0.818. The van der Waals surface area contributed by atoms with Crippen LogP contribution in [0.25, 0.3) is 0 Å². The van der Waals surface area contributed by atoms with Gasteiger partial charge in [-0.3, -0.25) is 0 Å². The third-order valence-corrected chi connectivity index (χ3v) is 2.86. The molecular formula is C15H16ClNO2. The number of nitrogens with two attached hydrogens (primary N) is 1. The molecule has 0 aliphatic carbocycles. The van der Waals surface area contributed by atoms with E-state index in [1.807, 2.05) is 31.2 Å². The topological polar surface area (TPSA) is 44.5 Å². The molecule has 19 heavy (non-hydrogen) atoms. The highest BCUT2D eigenvalue weighted by molar-refractivity contribution is 6.32. The van der Waals surface area contributed by atoms with E-state index in [1.165, 1.54) is 0 Å². The summed E-state index contributed by atoms with van der Waals surface area (Å²) in [4.78, 5) is 0. The number of anilines is 1. The Labute approximate surface area is 117 Å². The lowest BCUT2D eigenvalue weighted by Crippen LogP contribution is -2.00. The summed E-state index contributed by atoms with van der Waals surface area (Å²) in [6.45, 7) is 2.67. The van der Waals surface area contributed by atoms with Crippen molar-refractivity contribution in [3.8, 4) is 17.2 Å². The van der Waals surface area contributed by atoms with Gasteiger partial charge in [-0.05, 0) is 30.7 Å². The van der Waals surface area contributed by atoms with Gasteiger partial charge in [-0.1, -0.05) is 36.7 Å². The second kappa shape index (κ2) is 6.34. The van der Waals surface area contributed by atoms with E-state index in [2.05, 4.69) is 0 Å². The van der Waals surface area contributed by atoms with E-state index in [0.29, 0.717) is 34.6 Å². The predicted molar refractivity (Wildman–Crippen MR) is 78.2 cm³/mol. The van der Waals surface area contributed by atoms with Crippen molar-refractivity contribution in [3.05, 3.63) is 47.5 Å². The highest BCUT2D eigenvalue weighted by atomic mass is 35.5. The van der Waals surface area contributed by atoms with Crippen LogP contribution in [0, 0.1) is 0 Å². The van der Waals surface area contributed by atoms with Crippen LogP contribution in [0.2, 0.25) is 5.02 Å². The Morgan fingerprint density at radius 3 is 2.42 bits per heavy atom. The van der Waals surface area contributed by atoms with Crippen LogP contribution in [0.4, 0.5) is 5.69 Å². The first kappa shape index (κ1) is 13.6. The van der Waals surface area contributed by atoms with Gasteiger partial charge in [0.1, 0.15) is 17.2 Å². The summed E-state index contributed by atoms with van der Waals surface area (Å²) >= 11 is 6.05.